The first-order chi connectivity index (χ1) is 20.7. The molecule has 0 atom stereocenters. The van der Waals surface area contributed by atoms with Gasteiger partial charge in [0.15, 0.2) is 12.4 Å². The van der Waals surface area contributed by atoms with E-state index in [-0.39, 0.29) is 23.6 Å². The van der Waals surface area contributed by atoms with Gasteiger partial charge < -0.3 is 24.7 Å². The van der Waals surface area contributed by atoms with Crippen LogP contribution in [0.1, 0.15) is 60.0 Å². The number of furan rings is 1. The number of aromatic hydroxyl groups is 1. The zero-order valence-corrected chi connectivity index (χ0v) is 24.1. The number of phenols is 1. The Hall–Kier alpha value is -4.41. The summed E-state index contributed by atoms with van der Waals surface area (Å²) in [5.74, 6) is 7.65. The molecule has 8 heteroatoms. The number of carboxylic acid groups (broad SMARTS) is 1. The summed E-state index contributed by atoms with van der Waals surface area (Å²) in [4.78, 5) is 24.6. The molecule has 4 aliphatic carbocycles. The lowest BCUT2D eigenvalue weighted by Crippen LogP contribution is -2.60. The Morgan fingerprint density at radius 3 is 2.33 bits per heavy atom. The molecule has 3 aromatic carbocycles. The van der Waals surface area contributed by atoms with E-state index < -0.39 is 11.7 Å². The van der Waals surface area contributed by atoms with E-state index in [9.17, 15) is 19.8 Å². The van der Waals surface area contributed by atoms with Crippen LogP contribution in [0, 0.1) is 29.6 Å². The van der Waals surface area contributed by atoms with E-state index in [0.717, 1.165) is 37.0 Å². The fourth-order valence-corrected chi connectivity index (χ4v) is 7.97. The highest BCUT2D eigenvalue weighted by Gasteiger charge is 2.51. The van der Waals surface area contributed by atoms with Gasteiger partial charge in [-0.1, -0.05) is 29.5 Å². The second-order valence-electron chi connectivity index (χ2n) is 12.3. The van der Waals surface area contributed by atoms with Gasteiger partial charge in [0, 0.05) is 33.1 Å². The van der Waals surface area contributed by atoms with Gasteiger partial charge in [0.2, 0.25) is 0 Å². The van der Waals surface area contributed by atoms with Crippen LogP contribution < -0.4 is 10.1 Å². The number of carboxylic acids is 1. The van der Waals surface area contributed by atoms with Crippen molar-refractivity contribution in [3.8, 4) is 34.7 Å². The highest BCUT2D eigenvalue weighted by atomic mass is 35.5. The minimum Gasteiger partial charge on any atom is -0.507 e. The third kappa shape index (κ3) is 5.44. The molecule has 1 aromatic heterocycles. The van der Waals surface area contributed by atoms with Gasteiger partial charge in [-0.15, -0.1) is 0 Å². The number of hydrogen-bond donors (Lipinski definition) is 3. The third-order valence-corrected chi connectivity index (χ3v) is 9.36. The summed E-state index contributed by atoms with van der Waals surface area (Å²) < 4.78 is 12.0. The molecule has 7 nitrogen and oxygen atoms in total. The van der Waals surface area contributed by atoms with E-state index in [0.29, 0.717) is 44.2 Å². The largest absolute Gasteiger partial charge is 0.507 e. The minimum atomic E-state index is -1.26. The van der Waals surface area contributed by atoms with Crippen LogP contribution in [0.15, 0.2) is 65.1 Å². The van der Waals surface area contributed by atoms with Crippen molar-refractivity contribution >= 4 is 34.4 Å². The second-order valence-corrected chi connectivity index (χ2v) is 12.7. The summed E-state index contributed by atoms with van der Waals surface area (Å²) in [7, 11) is 0. The molecule has 8 rings (SSSR count). The topological polar surface area (TPSA) is 109 Å². The molecule has 0 radical (unpaired) electrons. The van der Waals surface area contributed by atoms with E-state index in [4.69, 9.17) is 20.8 Å². The molecule has 4 bridgehead atoms. The van der Waals surface area contributed by atoms with Gasteiger partial charge in [0.1, 0.15) is 22.6 Å². The van der Waals surface area contributed by atoms with Crippen LogP contribution in [-0.2, 0) is 4.79 Å². The number of aromatic carboxylic acids is 1. The predicted molar refractivity (Wildman–Crippen MR) is 162 cm³/mol. The minimum absolute atomic E-state index is 0.0562. The maximum absolute atomic E-state index is 12.9. The number of carbonyl (C=O) groups excluding carboxylic acids is 1. The second kappa shape index (κ2) is 10.7. The molecular formula is C35H30ClNO6. The standard InChI is InChI=1S/C35H30ClNO6/c36-25-3-1-2-20(13-25)4-9-27-28-14-29(34(40)41)30(38)15-31(28)43-33(27)24-5-7-26(8-6-24)42-19-32(39)37-35-16-21-10-22(17-35)12-23(11-21)18-35/h1-3,5-8,13-15,21-23,38H,10-12,16-19H2,(H,37,39)(H,40,41). The van der Waals surface area contributed by atoms with Gasteiger partial charge in [0.05, 0.1) is 5.56 Å². The smallest absolute Gasteiger partial charge is 0.339 e. The number of hydrogen-bond acceptors (Lipinski definition) is 5. The Morgan fingerprint density at radius 1 is 0.977 bits per heavy atom. The van der Waals surface area contributed by atoms with Gasteiger partial charge in [-0.05, 0) is 105 Å². The molecule has 218 valence electrons. The molecular weight excluding hydrogens is 566 g/mol. The van der Waals surface area contributed by atoms with Gasteiger partial charge in [-0.3, -0.25) is 4.79 Å². The van der Waals surface area contributed by atoms with Crippen LogP contribution in [0.25, 0.3) is 22.3 Å². The Labute approximate surface area is 253 Å². The number of benzene rings is 3. The van der Waals surface area contributed by atoms with Gasteiger partial charge in [-0.2, -0.15) is 0 Å². The fourth-order valence-electron chi connectivity index (χ4n) is 7.78. The zero-order valence-electron chi connectivity index (χ0n) is 23.4. The van der Waals surface area contributed by atoms with Crippen LogP contribution >= 0.6 is 11.6 Å². The Bertz CT molecular complexity index is 1780. The fraction of sp³-hybridized carbons (Fsp3) is 0.314. The van der Waals surface area contributed by atoms with Gasteiger partial charge in [-0.25, -0.2) is 4.79 Å². The first kappa shape index (κ1) is 27.4. The van der Waals surface area contributed by atoms with Gasteiger partial charge in [0.25, 0.3) is 5.91 Å². The van der Waals surface area contributed by atoms with Crippen molar-refractivity contribution in [2.24, 2.45) is 17.8 Å². The summed E-state index contributed by atoms with van der Waals surface area (Å²) >= 11 is 6.12. The highest BCUT2D eigenvalue weighted by Crippen LogP contribution is 2.55. The number of halogens is 1. The molecule has 0 spiro atoms. The van der Waals surface area contributed by atoms with Crippen molar-refractivity contribution in [2.45, 2.75) is 44.1 Å². The third-order valence-electron chi connectivity index (χ3n) is 9.12. The molecule has 0 saturated heterocycles. The Morgan fingerprint density at radius 2 is 1.67 bits per heavy atom. The van der Waals surface area contributed by atoms with E-state index in [1.54, 1.807) is 42.5 Å². The van der Waals surface area contributed by atoms with Crippen LogP contribution in [0.3, 0.4) is 0 Å². The Kier molecular flexibility index (Phi) is 6.82. The number of nitrogens with one attached hydrogen (secondary N) is 1. The molecule has 0 unspecified atom stereocenters. The molecule has 4 aliphatic rings. The quantitative estimate of drug-likeness (QED) is 0.207. The zero-order chi connectivity index (χ0) is 29.7. The van der Waals surface area contributed by atoms with Gasteiger partial charge >= 0.3 is 5.97 Å². The SMILES string of the molecule is O=C(COc1ccc(-c2oc3cc(O)c(C(=O)O)cc3c2C#Cc2cccc(Cl)c2)cc1)NC12CC3CC(CC(C3)C1)C2. The first-order valence-electron chi connectivity index (χ1n) is 14.6. The van der Waals surface area contributed by atoms with Crippen molar-refractivity contribution in [2.75, 3.05) is 6.61 Å². The number of amides is 1. The molecule has 1 amide bonds. The van der Waals surface area contributed by atoms with Crippen LogP contribution in [0.5, 0.6) is 11.5 Å². The van der Waals surface area contributed by atoms with Crippen molar-refractivity contribution in [3.63, 3.8) is 0 Å². The van der Waals surface area contributed by atoms with Crippen molar-refractivity contribution in [1.29, 1.82) is 0 Å². The summed E-state index contributed by atoms with van der Waals surface area (Å²) in [5, 5.41) is 24.2. The average Bonchev–Trinajstić information content (AvgIpc) is 3.30. The van der Waals surface area contributed by atoms with E-state index >= 15 is 0 Å². The van der Waals surface area contributed by atoms with E-state index in [1.807, 2.05) is 6.07 Å². The van der Waals surface area contributed by atoms with E-state index in [2.05, 4.69) is 17.2 Å². The summed E-state index contributed by atoms with van der Waals surface area (Å²) in [5.41, 5.74) is 1.82. The maximum atomic E-state index is 12.9. The predicted octanol–water partition coefficient (Wildman–Crippen LogP) is 7.02. The van der Waals surface area contributed by atoms with Crippen molar-refractivity contribution in [1.82, 2.24) is 5.32 Å². The normalized spacial score (nSPS) is 23.5. The highest BCUT2D eigenvalue weighted by molar-refractivity contribution is 6.30. The van der Waals surface area contributed by atoms with Crippen LogP contribution in [-0.4, -0.2) is 34.2 Å². The molecule has 4 fully saturated rings. The molecule has 4 saturated carbocycles. The van der Waals surface area contributed by atoms with Crippen LogP contribution in [0.2, 0.25) is 5.02 Å². The molecule has 4 aromatic rings. The average molecular weight is 596 g/mol. The number of fused-ring (bicyclic) bond motifs is 1. The molecule has 3 N–H and O–H groups in total. The molecule has 1 heterocycles. The molecule has 43 heavy (non-hydrogen) atoms. The first-order valence-corrected chi connectivity index (χ1v) is 15.0. The monoisotopic (exact) mass is 595 g/mol. The summed E-state index contributed by atoms with van der Waals surface area (Å²) in [6.07, 6.45) is 7.22. The molecule has 0 aliphatic heterocycles. The lowest BCUT2D eigenvalue weighted by atomic mass is 9.53. The number of ether oxygens (including phenoxy) is 1. The number of rotatable bonds is 6. The summed E-state index contributed by atoms with van der Waals surface area (Å²) in [6, 6.07) is 16.9. The lowest BCUT2D eigenvalue weighted by molar-refractivity contribution is -0.128. The van der Waals surface area contributed by atoms with Crippen LogP contribution in [0.4, 0.5) is 0 Å². The van der Waals surface area contributed by atoms with Crippen molar-refractivity contribution in [3.05, 3.63) is 82.4 Å². The summed E-state index contributed by atoms with van der Waals surface area (Å²) in [6.45, 7) is -0.0562. The van der Waals surface area contributed by atoms with E-state index in [1.165, 1.54) is 31.4 Å². The maximum Gasteiger partial charge on any atom is 0.339 e. The van der Waals surface area contributed by atoms with Crippen molar-refractivity contribution < 1.29 is 29.0 Å². The lowest BCUT2D eigenvalue weighted by Gasteiger charge is -2.56. The Balaban J connectivity index is 1.12. The number of carbonyl (C=O) groups is 2.